The van der Waals surface area contributed by atoms with Crippen LogP contribution in [0.25, 0.3) is 34.1 Å². The second kappa shape index (κ2) is 26.2. The van der Waals surface area contributed by atoms with Crippen molar-refractivity contribution in [2.45, 2.75) is 111 Å². The Labute approximate surface area is 435 Å². The van der Waals surface area contributed by atoms with E-state index < -0.39 is 0 Å². The number of carbonyl (C=O) groups is 1. The Bertz CT molecular complexity index is 2780. The van der Waals surface area contributed by atoms with Gasteiger partial charge in [-0.2, -0.15) is 0 Å². The molecule has 2 saturated heterocycles. The molecule has 18 heteroatoms. The van der Waals surface area contributed by atoms with Crippen LogP contribution in [-0.4, -0.2) is 136 Å². The van der Waals surface area contributed by atoms with Crippen molar-refractivity contribution in [2.75, 3.05) is 63.0 Å². The van der Waals surface area contributed by atoms with Gasteiger partial charge in [0, 0.05) is 88.9 Å². The number of amides is 1. The molecule has 3 N–H and O–H groups in total. The molecule has 0 bridgehead atoms. The van der Waals surface area contributed by atoms with E-state index in [9.17, 15) is 4.79 Å². The average molecular weight is 1020 g/mol. The number of imidazole rings is 2. The number of piperazine rings is 2. The number of nitrogens with zero attached hydrogens (tertiary/aromatic N) is 11. The van der Waals surface area contributed by atoms with Crippen LogP contribution in [-0.2, 0) is 11.3 Å². The Balaban J connectivity index is 0.000000206. The summed E-state index contributed by atoms with van der Waals surface area (Å²) >= 11 is 13.0. The Morgan fingerprint density at radius 2 is 1.11 bits per heavy atom. The summed E-state index contributed by atoms with van der Waals surface area (Å²) in [5, 5.41) is 11.6. The number of hydrogen-bond acceptors (Lipinski definition) is 13. The van der Waals surface area contributed by atoms with E-state index in [0.717, 1.165) is 106 Å². The maximum absolute atomic E-state index is 12.6. The molecule has 4 aliphatic rings. The first-order chi connectivity index (χ1) is 34.4. The number of ether oxygens (including phenoxy) is 1. The van der Waals surface area contributed by atoms with Gasteiger partial charge in [0.15, 0.2) is 0 Å². The molecule has 72 heavy (non-hydrogen) atoms. The van der Waals surface area contributed by atoms with Crippen molar-refractivity contribution >= 4 is 52.5 Å². The number of halogens is 2. The minimum atomic E-state index is -0.233. The van der Waals surface area contributed by atoms with Crippen molar-refractivity contribution in [3.8, 4) is 22.8 Å². The third-order valence-electron chi connectivity index (χ3n) is 13.7. The van der Waals surface area contributed by atoms with E-state index in [1.54, 1.807) is 18.6 Å². The molecule has 2 aliphatic heterocycles. The fourth-order valence-corrected chi connectivity index (χ4v) is 10.6. The Morgan fingerprint density at radius 1 is 0.625 bits per heavy atom. The van der Waals surface area contributed by atoms with E-state index in [0.29, 0.717) is 71.2 Å². The van der Waals surface area contributed by atoms with Gasteiger partial charge in [-0.05, 0) is 81.2 Å². The third kappa shape index (κ3) is 13.2. The second-order valence-corrected chi connectivity index (χ2v) is 18.9. The van der Waals surface area contributed by atoms with Crippen LogP contribution in [0.2, 0.25) is 10.0 Å². The fraction of sp³-hybridized carbons (Fsp3) is 0.463. The smallest absolute Gasteiger partial charge is 0.410 e. The highest BCUT2D eigenvalue weighted by atomic mass is 35.5. The van der Waals surface area contributed by atoms with Crippen LogP contribution in [0.1, 0.15) is 85.6 Å². The lowest BCUT2D eigenvalue weighted by Crippen LogP contribution is -2.53. The van der Waals surface area contributed by atoms with Crippen LogP contribution < -0.4 is 16.0 Å². The van der Waals surface area contributed by atoms with Crippen LogP contribution >= 0.6 is 23.2 Å². The van der Waals surface area contributed by atoms with Crippen LogP contribution in [0.5, 0.6) is 0 Å². The maximum Gasteiger partial charge on any atom is 0.410 e. The Kier molecular flexibility index (Phi) is 19.6. The first-order valence-corrected chi connectivity index (χ1v) is 25.7. The predicted molar refractivity (Wildman–Crippen MR) is 291 cm³/mol. The molecule has 0 radical (unpaired) electrons. The summed E-state index contributed by atoms with van der Waals surface area (Å²) in [6.45, 7) is 11.9. The molecule has 1 aromatic carbocycles. The van der Waals surface area contributed by atoms with E-state index >= 15 is 0 Å². The van der Waals surface area contributed by atoms with Gasteiger partial charge in [0.05, 0.1) is 46.2 Å². The zero-order chi connectivity index (χ0) is 48.2. The van der Waals surface area contributed by atoms with E-state index in [4.69, 9.17) is 37.9 Å². The van der Waals surface area contributed by atoms with Crippen molar-refractivity contribution in [1.82, 2.24) is 58.7 Å². The maximum atomic E-state index is 12.6. The summed E-state index contributed by atoms with van der Waals surface area (Å²) in [6, 6.07) is 23.3. The number of rotatable bonds is 10. The zero-order valence-electron chi connectivity index (χ0n) is 40.1. The minimum absolute atomic E-state index is 0. The molecular weight excluding hydrogens is 948 g/mol. The van der Waals surface area contributed by atoms with Gasteiger partial charge in [0.1, 0.15) is 29.3 Å². The lowest BCUT2D eigenvalue weighted by atomic mass is 9.89. The molecule has 1 amide bonds. The summed E-state index contributed by atoms with van der Waals surface area (Å²) in [5.74, 6) is 1.22. The normalized spacial score (nSPS) is 20.4. The van der Waals surface area contributed by atoms with Crippen molar-refractivity contribution in [2.24, 2.45) is 0 Å². The third-order valence-corrected chi connectivity index (χ3v) is 14.3. The van der Waals surface area contributed by atoms with E-state index in [-0.39, 0.29) is 27.0 Å². The summed E-state index contributed by atoms with van der Waals surface area (Å²) in [4.78, 5) is 46.9. The first kappa shape index (κ1) is 53.9. The van der Waals surface area contributed by atoms with Crippen LogP contribution in [0, 0.1) is 0 Å². The SMILES string of the molecule is C.C.CC.Clc1cnc(N[C@@H]2CCC[C@H](N3CCNCC3)C2)nc1-c1cnc2ccccn12.O=C(OCc1ccccc1)N1CCN([C@H]2CCC[C@@H](Nc3ncc(Cl)c(-c4cnc5ccccn45)n3)C2)CC1. The minimum Gasteiger partial charge on any atom is -0.445 e. The highest BCUT2D eigenvalue weighted by Crippen LogP contribution is 2.32. The molecule has 16 nitrogen and oxygen atoms in total. The van der Waals surface area contributed by atoms with E-state index in [1.807, 2.05) is 113 Å². The van der Waals surface area contributed by atoms with Crippen molar-refractivity contribution in [3.05, 3.63) is 120 Å². The molecule has 0 unspecified atom stereocenters. The average Bonchev–Trinajstić information content (AvgIpc) is 4.06. The number of anilines is 2. The summed E-state index contributed by atoms with van der Waals surface area (Å²) in [6.07, 6.45) is 19.8. The number of aromatic nitrogens is 8. The molecule has 2 saturated carbocycles. The highest BCUT2D eigenvalue weighted by molar-refractivity contribution is 6.33. The van der Waals surface area contributed by atoms with Gasteiger partial charge in [-0.15, -0.1) is 0 Å². The van der Waals surface area contributed by atoms with Gasteiger partial charge in [-0.3, -0.25) is 18.6 Å². The Hall–Kier alpha value is -5.91. The molecular formula is C54H72Cl2N14O2. The molecule has 4 atom stereocenters. The van der Waals surface area contributed by atoms with Gasteiger partial charge in [-0.25, -0.2) is 34.7 Å². The number of nitrogens with one attached hydrogen (secondary N) is 3. The largest absolute Gasteiger partial charge is 0.445 e. The lowest BCUT2D eigenvalue weighted by molar-refractivity contribution is 0.0518. The first-order valence-electron chi connectivity index (χ1n) is 25.0. The van der Waals surface area contributed by atoms with E-state index in [2.05, 4.69) is 45.7 Å². The Morgan fingerprint density at radius 3 is 1.62 bits per heavy atom. The number of carbonyl (C=O) groups excluding carboxylic acids is 1. The zero-order valence-corrected chi connectivity index (χ0v) is 41.6. The topological polar surface area (TPSA) is 158 Å². The number of benzene rings is 1. The molecule has 6 aromatic heterocycles. The van der Waals surface area contributed by atoms with Crippen molar-refractivity contribution in [1.29, 1.82) is 0 Å². The summed E-state index contributed by atoms with van der Waals surface area (Å²) < 4.78 is 9.51. The van der Waals surface area contributed by atoms with E-state index in [1.165, 1.54) is 12.8 Å². The van der Waals surface area contributed by atoms with Gasteiger partial charge in [0.25, 0.3) is 0 Å². The van der Waals surface area contributed by atoms with Gasteiger partial charge in [0.2, 0.25) is 11.9 Å². The van der Waals surface area contributed by atoms with Gasteiger partial charge < -0.3 is 25.6 Å². The standard InChI is InChI=1S/C29H32ClN7O2.C21H26ClN7.C2H6.2CH4/c30-24-18-32-28(34-27(24)25-19-31-26-11-4-5-12-37(25)26)33-22-9-6-10-23(17-22)35-13-15-36(16-14-35)29(38)39-20-21-7-2-1-3-8-21;22-17-13-25-21(27-20(17)18-14-24-19-6-1-2-9-29(18)19)26-15-4-3-5-16(12-15)28-10-7-23-8-11-28;1-2;;/h1-5,7-8,11-12,18-19,22-23H,6,9-10,13-17,20H2,(H,32,33,34);1-2,6,9,13-16,23H,3-5,7-8,10-12H2,(H,25,26,27);1-2H3;2*1H4/t22-,23+;15-,16+;;;/m11.../s1. The van der Waals surface area contributed by atoms with Crippen molar-refractivity contribution < 1.29 is 9.53 Å². The van der Waals surface area contributed by atoms with Gasteiger partial charge >= 0.3 is 6.09 Å². The summed E-state index contributed by atoms with van der Waals surface area (Å²) in [5.41, 5.74) is 5.80. The summed E-state index contributed by atoms with van der Waals surface area (Å²) in [7, 11) is 0. The molecule has 0 spiro atoms. The lowest BCUT2D eigenvalue weighted by Gasteiger charge is -2.42. The molecule has 2 aliphatic carbocycles. The molecule has 7 aromatic rings. The van der Waals surface area contributed by atoms with Crippen LogP contribution in [0.4, 0.5) is 16.7 Å². The predicted octanol–water partition coefficient (Wildman–Crippen LogP) is 10.5. The fourth-order valence-electron chi connectivity index (χ4n) is 10.2. The second-order valence-electron chi connectivity index (χ2n) is 18.1. The van der Waals surface area contributed by atoms with Gasteiger partial charge in [-0.1, -0.05) is 94.4 Å². The quantitative estimate of drug-likeness (QED) is 0.119. The molecule has 384 valence electrons. The van der Waals surface area contributed by atoms with Crippen LogP contribution in [0.15, 0.2) is 104 Å². The monoisotopic (exact) mass is 1020 g/mol. The van der Waals surface area contributed by atoms with Crippen LogP contribution in [0.3, 0.4) is 0 Å². The molecule has 8 heterocycles. The number of fused-ring (bicyclic) bond motifs is 2. The highest BCUT2D eigenvalue weighted by Gasteiger charge is 2.32. The number of hydrogen-bond donors (Lipinski definition) is 3. The van der Waals surface area contributed by atoms with Crippen molar-refractivity contribution in [3.63, 3.8) is 0 Å². The number of pyridine rings is 2. The molecule has 11 rings (SSSR count). The molecule has 4 fully saturated rings.